The van der Waals surface area contributed by atoms with Crippen molar-refractivity contribution >= 4 is 17.4 Å². The molecule has 0 spiro atoms. The summed E-state index contributed by atoms with van der Waals surface area (Å²) in [6.07, 6.45) is -5.42. The topological polar surface area (TPSA) is 55.4 Å². The SMILES string of the molecule is CC(=O)c1ccc(O[C@@H](C)C(=O)Nc2cccc(C(F)(F)F)c2)cc1. The molecule has 1 N–H and O–H groups in total. The van der Waals surface area contributed by atoms with E-state index in [2.05, 4.69) is 5.32 Å². The average molecular weight is 351 g/mol. The fourth-order valence-electron chi connectivity index (χ4n) is 2.04. The van der Waals surface area contributed by atoms with Gasteiger partial charge in [0.25, 0.3) is 5.91 Å². The van der Waals surface area contributed by atoms with Gasteiger partial charge in [-0.3, -0.25) is 9.59 Å². The molecule has 0 unspecified atom stereocenters. The van der Waals surface area contributed by atoms with Crippen LogP contribution in [-0.4, -0.2) is 17.8 Å². The normalized spacial score (nSPS) is 12.4. The third-order valence-corrected chi connectivity index (χ3v) is 3.40. The van der Waals surface area contributed by atoms with Crippen LogP contribution < -0.4 is 10.1 Å². The van der Waals surface area contributed by atoms with Crippen molar-refractivity contribution in [2.45, 2.75) is 26.1 Å². The van der Waals surface area contributed by atoms with Gasteiger partial charge in [0.1, 0.15) is 5.75 Å². The van der Waals surface area contributed by atoms with Crippen LogP contribution in [0.25, 0.3) is 0 Å². The van der Waals surface area contributed by atoms with Crippen molar-refractivity contribution in [2.75, 3.05) is 5.32 Å². The molecule has 0 aliphatic rings. The van der Waals surface area contributed by atoms with E-state index in [-0.39, 0.29) is 11.5 Å². The predicted octanol–water partition coefficient (Wildman–Crippen LogP) is 4.31. The van der Waals surface area contributed by atoms with E-state index in [1.165, 1.54) is 26.0 Å². The first-order valence-corrected chi connectivity index (χ1v) is 7.42. The third-order valence-electron chi connectivity index (χ3n) is 3.40. The quantitative estimate of drug-likeness (QED) is 0.817. The lowest BCUT2D eigenvalue weighted by molar-refractivity contribution is -0.137. The molecule has 0 saturated carbocycles. The number of nitrogens with one attached hydrogen (secondary N) is 1. The Morgan fingerprint density at radius 2 is 1.72 bits per heavy atom. The number of halogens is 3. The highest BCUT2D eigenvalue weighted by Gasteiger charge is 2.30. The van der Waals surface area contributed by atoms with E-state index in [4.69, 9.17) is 4.74 Å². The van der Waals surface area contributed by atoms with Crippen molar-refractivity contribution < 1.29 is 27.5 Å². The largest absolute Gasteiger partial charge is 0.481 e. The van der Waals surface area contributed by atoms with Crippen molar-refractivity contribution in [1.29, 1.82) is 0 Å². The number of anilines is 1. The summed E-state index contributed by atoms with van der Waals surface area (Å²) in [5, 5.41) is 2.39. The highest BCUT2D eigenvalue weighted by molar-refractivity contribution is 5.95. The van der Waals surface area contributed by atoms with Crippen molar-refractivity contribution in [2.24, 2.45) is 0 Å². The average Bonchev–Trinajstić information content (AvgIpc) is 2.54. The fraction of sp³-hybridized carbons (Fsp3) is 0.222. The zero-order valence-corrected chi connectivity index (χ0v) is 13.6. The summed E-state index contributed by atoms with van der Waals surface area (Å²) in [6, 6.07) is 10.6. The van der Waals surface area contributed by atoms with Gasteiger partial charge >= 0.3 is 6.18 Å². The predicted molar refractivity (Wildman–Crippen MR) is 86.6 cm³/mol. The molecule has 4 nitrogen and oxygen atoms in total. The van der Waals surface area contributed by atoms with E-state index in [1.807, 2.05) is 0 Å². The Hall–Kier alpha value is -2.83. The maximum Gasteiger partial charge on any atom is 0.416 e. The fourth-order valence-corrected chi connectivity index (χ4v) is 2.04. The van der Waals surface area contributed by atoms with Gasteiger partial charge in [-0.05, 0) is 56.3 Å². The number of hydrogen-bond acceptors (Lipinski definition) is 3. The summed E-state index contributed by atoms with van der Waals surface area (Å²) >= 11 is 0. The highest BCUT2D eigenvalue weighted by Crippen LogP contribution is 2.30. The third kappa shape index (κ3) is 5.07. The van der Waals surface area contributed by atoms with E-state index in [0.717, 1.165) is 12.1 Å². The summed E-state index contributed by atoms with van der Waals surface area (Å²) in [5.74, 6) is -0.312. The standard InChI is InChI=1S/C18H16F3NO3/c1-11(23)13-6-8-16(9-7-13)25-12(2)17(24)22-15-5-3-4-14(10-15)18(19,20)21/h3-10,12H,1-2H3,(H,22,24)/t12-/m0/s1. The zero-order chi connectivity index (χ0) is 18.6. The summed E-state index contributed by atoms with van der Waals surface area (Å²) in [5.41, 5.74) is -0.311. The number of carbonyl (C=O) groups excluding carboxylic acids is 2. The summed E-state index contributed by atoms with van der Waals surface area (Å²) < 4.78 is 43.5. The molecule has 0 aromatic heterocycles. The van der Waals surface area contributed by atoms with Gasteiger partial charge in [0, 0.05) is 11.3 Å². The number of ether oxygens (including phenoxy) is 1. The van der Waals surface area contributed by atoms with Crippen molar-refractivity contribution in [3.8, 4) is 5.75 Å². The molecular weight excluding hydrogens is 335 g/mol. The van der Waals surface area contributed by atoms with Crippen LogP contribution in [-0.2, 0) is 11.0 Å². The van der Waals surface area contributed by atoms with Crippen LogP contribution in [0.1, 0.15) is 29.8 Å². The smallest absolute Gasteiger partial charge is 0.416 e. The maximum atomic E-state index is 12.7. The Labute approximate surface area is 142 Å². The van der Waals surface area contributed by atoms with Crippen LogP contribution in [0.5, 0.6) is 5.75 Å². The van der Waals surface area contributed by atoms with E-state index in [0.29, 0.717) is 11.3 Å². The zero-order valence-electron chi connectivity index (χ0n) is 13.6. The second kappa shape index (κ2) is 7.38. The minimum atomic E-state index is -4.48. The minimum absolute atomic E-state index is 0.0298. The summed E-state index contributed by atoms with van der Waals surface area (Å²) in [4.78, 5) is 23.3. The molecule has 25 heavy (non-hydrogen) atoms. The highest BCUT2D eigenvalue weighted by atomic mass is 19.4. The van der Waals surface area contributed by atoms with E-state index >= 15 is 0 Å². The van der Waals surface area contributed by atoms with Gasteiger partial charge in [0.05, 0.1) is 5.56 Å². The lowest BCUT2D eigenvalue weighted by atomic mass is 10.1. The Bertz CT molecular complexity index is 770. The first-order chi connectivity index (χ1) is 11.7. The number of ketones is 1. The lowest BCUT2D eigenvalue weighted by Crippen LogP contribution is -2.30. The van der Waals surface area contributed by atoms with Gasteiger partial charge in [0.15, 0.2) is 11.9 Å². The number of carbonyl (C=O) groups is 2. The van der Waals surface area contributed by atoms with Gasteiger partial charge < -0.3 is 10.1 Å². The van der Waals surface area contributed by atoms with Crippen molar-refractivity contribution in [3.05, 3.63) is 59.7 Å². The Balaban J connectivity index is 2.02. The van der Waals surface area contributed by atoms with Gasteiger partial charge in [-0.25, -0.2) is 0 Å². The monoisotopic (exact) mass is 351 g/mol. The molecule has 0 fully saturated rings. The second-order valence-corrected chi connectivity index (χ2v) is 5.41. The van der Waals surface area contributed by atoms with E-state index in [9.17, 15) is 22.8 Å². The Morgan fingerprint density at radius 3 is 2.28 bits per heavy atom. The van der Waals surface area contributed by atoms with Crippen LogP contribution in [0.3, 0.4) is 0 Å². The van der Waals surface area contributed by atoms with E-state index in [1.54, 1.807) is 24.3 Å². The molecular formula is C18H16F3NO3. The van der Waals surface area contributed by atoms with Gasteiger partial charge in [0.2, 0.25) is 0 Å². The lowest BCUT2D eigenvalue weighted by Gasteiger charge is -2.15. The molecule has 1 amide bonds. The molecule has 1 atom stereocenters. The Morgan fingerprint density at radius 1 is 1.08 bits per heavy atom. The number of rotatable bonds is 5. The van der Waals surface area contributed by atoms with Crippen LogP contribution >= 0.6 is 0 Å². The van der Waals surface area contributed by atoms with Crippen LogP contribution in [0.4, 0.5) is 18.9 Å². The van der Waals surface area contributed by atoms with Gasteiger partial charge in [-0.15, -0.1) is 0 Å². The van der Waals surface area contributed by atoms with Crippen molar-refractivity contribution in [1.82, 2.24) is 0 Å². The van der Waals surface area contributed by atoms with Gasteiger partial charge in [-0.2, -0.15) is 13.2 Å². The number of alkyl halides is 3. The maximum absolute atomic E-state index is 12.7. The number of amides is 1. The van der Waals surface area contributed by atoms with E-state index < -0.39 is 23.8 Å². The molecule has 0 aliphatic heterocycles. The summed E-state index contributed by atoms with van der Waals surface area (Å²) in [6.45, 7) is 2.91. The molecule has 7 heteroatoms. The van der Waals surface area contributed by atoms with Crippen LogP contribution in [0.15, 0.2) is 48.5 Å². The molecule has 2 aromatic carbocycles. The van der Waals surface area contributed by atoms with Crippen LogP contribution in [0, 0.1) is 0 Å². The molecule has 0 aliphatic carbocycles. The van der Waals surface area contributed by atoms with Crippen LogP contribution in [0.2, 0.25) is 0 Å². The number of hydrogen-bond donors (Lipinski definition) is 1. The number of Topliss-reactive ketones (excluding diaryl/α,β-unsaturated/α-hetero) is 1. The first kappa shape index (κ1) is 18.5. The Kier molecular flexibility index (Phi) is 5.46. The molecule has 2 aromatic rings. The molecule has 0 bridgehead atoms. The minimum Gasteiger partial charge on any atom is -0.481 e. The second-order valence-electron chi connectivity index (χ2n) is 5.41. The number of benzene rings is 2. The first-order valence-electron chi connectivity index (χ1n) is 7.42. The summed E-state index contributed by atoms with van der Waals surface area (Å²) in [7, 11) is 0. The molecule has 0 radical (unpaired) electrons. The molecule has 0 saturated heterocycles. The molecule has 132 valence electrons. The van der Waals surface area contributed by atoms with Gasteiger partial charge in [-0.1, -0.05) is 6.07 Å². The molecule has 0 heterocycles. The van der Waals surface area contributed by atoms with Crippen molar-refractivity contribution in [3.63, 3.8) is 0 Å². The molecule has 2 rings (SSSR count).